The fourth-order valence-electron chi connectivity index (χ4n) is 4.57. The lowest BCUT2D eigenvalue weighted by molar-refractivity contribution is -0.137. The molecule has 40 heavy (non-hydrogen) atoms. The van der Waals surface area contributed by atoms with Gasteiger partial charge in [-0.05, 0) is 36.2 Å². The zero-order chi connectivity index (χ0) is 28.5. The number of hydrogen-bond donors (Lipinski definition) is 0. The van der Waals surface area contributed by atoms with Crippen LogP contribution in [0.1, 0.15) is 21.6 Å². The van der Waals surface area contributed by atoms with E-state index >= 15 is 0 Å². The van der Waals surface area contributed by atoms with Crippen LogP contribution in [0.25, 0.3) is 11.2 Å². The number of alkyl halides is 3. The number of aryl methyl sites for hydroxylation is 2. The number of nitrogens with zero attached hydrogens (tertiary/aromatic N) is 5. The molecule has 208 valence electrons. The average molecular weight is 572 g/mol. The Labute approximate surface area is 228 Å². The summed E-state index contributed by atoms with van der Waals surface area (Å²) in [6.07, 6.45) is -2.63. The Balaban J connectivity index is 1.36. The Morgan fingerprint density at radius 1 is 0.975 bits per heavy atom. The number of halogens is 3. The van der Waals surface area contributed by atoms with Gasteiger partial charge in [0, 0.05) is 31.9 Å². The lowest BCUT2D eigenvalue weighted by Gasteiger charge is -2.35. The van der Waals surface area contributed by atoms with Crippen molar-refractivity contribution < 1.29 is 26.7 Å². The molecule has 2 aromatic heterocycles. The van der Waals surface area contributed by atoms with Gasteiger partial charge >= 0.3 is 6.18 Å². The van der Waals surface area contributed by atoms with Crippen LogP contribution in [-0.4, -0.2) is 60.4 Å². The largest absolute Gasteiger partial charge is 0.593 e. The molecule has 13 heteroatoms. The zero-order valence-electron chi connectivity index (χ0n) is 21.1. The highest BCUT2D eigenvalue weighted by Crippen LogP contribution is 2.32. The van der Waals surface area contributed by atoms with Gasteiger partial charge in [0.05, 0.1) is 18.7 Å². The molecule has 1 aliphatic rings. The molecule has 5 rings (SSSR count). The first-order valence-electron chi connectivity index (χ1n) is 12.4. The summed E-state index contributed by atoms with van der Waals surface area (Å²) >= 11 is 0. The summed E-state index contributed by atoms with van der Waals surface area (Å²) in [5, 5.41) is 0. The van der Waals surface area contributed by atoms with Crippen LogP contribution in [0.2, 0.25) is 0 Å². The van der Waals surface area contributed by atoms with Gasteiger partial charge < -0.3 is 9.45 Å². The van der Waals surface area contributed by atoms with Gasteiger partial charge in [0.1, 0.15) is 5.52 Å². The van der Waals surface area contributed by atoms with Crippen LogP contribution in [-0.2, 0) is 33.8 Å². The third-order valence-electron chi connectivity index (χ3n) is 6.70. The van der Waals surface area contributed by atoms with Crippen LogP contribution in [0, 0.1) is 0 Å². The van der Waals surface area contributed by atoms with Gasteiger partial charge in [-0.1, -0.05) is 40.6 Å². The van der Waals surface area contributed by atoms with Crippen LogP contribution in [0.4, 0.5) is 13.2 Å². The Kier molecular flexibility index (Phi) is 7.53. The Morgan fingerprint density at radius 2 is 1.70 bits per heavy atom. The van der Waals surface area contributed by atoms with Gasteiger partial charge in [-0.15, -0.1) is 4.31 Å². The summed E-state index contributed by atoms with van der Waals surface area (Å²) in [6, 6.07) is 16.4. The number of pyridine rings is 1. The number of piperazine rings is 1. The number of carbonyl (C=O) groups excluding carboxylic acids is 1. The van der Waals surface area contributed by atoms with Gasteiger partial charge in [-0.25, -0.2) is 9.97 Å². The predicted octanol–water partition coefficient (Wildman–Crippen LogP) is 3.41. The molecule has 0 bridgehead atoms. The Morgan fingerprint density at radius 3 is 2.40 bits per heavy atom. The highest BCUT2D eigenvalue weighted by molar-refractivity contribution is 7.95. The summed E-state index contributed by atoms with van der Waals surface area (Å²) in [4.78, 5) is 36.3. The predicted molar refractivity (Wildman–Crippen MR) is 140 cm³/mol. The molecular weight excluding hydrogens is 547 g/mol. The third-order valence-corrected chi connectivity index (χ3v) is 8.59. The van der Waals surface area contributed by atoms with Crippen LogP contribution in [0.3, 0.4) is 0 Å². The van der Waals surface area contributed by atoms with Gasteiger partial charge in [0.2, 0.25) is 0 Å². The zero-order valence-corrected chi connectivity index (χ0v) is 21.9. The molecule has 0 aliphatic carbocycles. The molecule has 9 nitrogen and oxygen atoms in total. The molecule has 1 aliphatic heterocycles. The maximum Gasteiger partial charge on any atom is 0.416 e. The number of rotatable bonds is 6. The molecule has 0 saturated carbocycles. The normalized spacial score (nSPS) is 16.1. The molecule has 3 heterocycles. The standard InChI is InChI=1S/C27H24F3N5O4S/c28-27(29,30)20-8-4-9-21(18-20)40(38,39)34-16-14-33(15-17-34)25(36)23-26(37)35(13-11-19-6-2-1-3-7-19)24-22(32-23)10-5-12-31-24/h1-10,12,18H,11,13-17H2. The number of sulfonamides is 1. The smallest absolute Gasteiger partial charge is 0.416 e. The van der Waals surface area contributed by atoms with Gasteiger partial charge in [0.25, 0.3) is 11.5 Å². The number of carbonyl (C=O) groups is 1. The van der Waals surface area contributed by atoms with E-state index < -0.39 is 38.5 Å². The van der Waals surface area contributed by atoms with E-state index in [1.807, 2.05) is 30.3 Å². The van der Waals surface area contributed by atoms with Crippen molar-refractivity contribution in [2.75, 3.05) is 26.2 Å². The highest BCUT2D eigenvalue weighted by atomic mass is 32.3. The first-order valence-corrected chi connectivity index (χ1v) is 13.9. The molecular formula is C27H24F3N5O4S. The summed E-state index contributed by atoms with van der Waals surface area (Å²) in [7, 11) is -4.23. The lowest BCUT2D eigenvalue weighted by atomic mass is 10.1. The second-order valence-electron chi connectivity index (χ2n) is 9.22. The van der Waals surface area contributed by atoms with E-state index in [2.05, 4.69) is 9.97 Å². The van der Waals surface area contributed by atoms with Crippen molar-refractivity contribution in [3.05, 3.63) is 100 Å². The van der Waals surface area contributed by atoms with E-state index in [-0.39, 0.29) is 38.4 Å². The first kappa shape index (κ1) is 27.6. The SMILES string of the molecule is O=C(c1nc2cccnc2n(CCc2ccccc2)c1=O)N1CCN([S+](=O)([O-])c2cccc(C(F)(F)F)c2)CC1. The Hall–Kier alpha value is -3.94. The molecule has 4 aromatic rings. The molecule has 1 amide bonds. The Bertz CT molecular complexity index is 1650. The second kappa shape index (κ2) is 10.9. The molecule has 1 atom stereocenters. The van der Waals surface area contributed by atoms with Crippen molar-refractivity contribution in [3.8, 4) is 0 Å². The van der Waals surface area contributed by atoms with Crippen LogP contribution < -0.4 is 5.56 Å². The van der Waals surface area contributed by atoms with Crippen molar-refractivity contribution in [1.29, 1.82) is 0 Å². The van der Waals surface area contributed by atoms with E-state index in [1.54, 1.807) is 12.1 Å². The molecule has 0 N–H and O–H groups in total. The van der Waals surface area contributed by atoms with Crippen molar-refractivity contribution >= 4 is 27.5 Å². The van der Waals surface area contributed by atoms with E-state index in [1.165, 1.54) is 15.7 Å². The minimum atomic E-state index is -4.69. The van der Waals surface area contributed by atoms with E-state index in [0.717, 1.165) is 28.1 Å². The van der Waals surface area contributed by atoms with Gasteiger partial charge in [0.15, 0.2) is 26.6 Å². The molecule has 1 unspecified atom stereocenters. The number of benzene rings is 2. The minimum absolute atomic E-state index is 0.0623. The van der Waals surface area contributed by atoms with E-state index in [0.29, 0.717) is 23.7 Å². The van der Waals surface area contributed by atoms with Crippen molar-refractivity contribution in [1.82, 2.24) is 23.7 Å². The molecule has 0 radical (unpaired) electrons. The van der Waals surface area contributed by atoms with Crippen molar-refractivity contribution in [2.24, 2.45) is 0 Å². The van der Waals surface area contributed by atoms with E-state index in [4.69, 9.17) is 0 Å². The fraction of sp³-hybridized carbons (Fsp3) is 0.259. The fourth-order valence-corrected chi connectivity index (χ4v) is 6.04. The minimum Gasteiger partial charge on any atom is -0.593 e. The quantitative estimate of drug-likeness (QED) is 0.328. The molecule has 1 saturated heterocycles. The number of amides is 1. The summed E-state index contributed by atoms with van der Waals surface area (Å²) in [5.41, 5.74) is -0.265. The summed E-state index contributed by atoms with van der Waals surface area (Å²) in [5.74, 6) is -0.652. The lowest BCUT2D eigenvalue weighted by Crippen LogP contribution is -2.53. The summed E-state index contributed by atoms with van der Waals surface area (Å²) in [6.45, 7) is -0.161. The maximum atomic E-state index is 13.4. The van der Waals surface area contributed by atoms with Crippen molar-refractivity contribution in [2.45, 2.75) is 24.0 Å². The monoisotopic (exact) mass is 571 g/mol. The van der Waals surface area contributed by atoms with Crippen LogP contribution in [0.15, 0.2) is 82.6 Å². The van der Waals surface area contributed by atoms with Crippen LogP contribution in [0.5, 0.6) is 0 Å². The van der Waals surface area contributed by atoms with Gasteiger partial charge in [-0.2, -0.15) is 13.2 Å². The number of fused-ring (bicyclic) bond motifs is 1. The topological polar surface area (TPSA) is 111 Å². The average Bonchev–Trinajstić information content (AvgIpc) is 2.96. The van der Waals surface area contributed by atoms with Crippen LogP contribution >= 0.6 is 0 Å². The first-order chi connectivity index (χ1) is 19.1. The van der Waals surface area contributed by atoms with Crippen molar-refractivity contribution in [3.63, 3.8) is 0 Å². The van der Waals surface area contributed by atoms with Gasteiger partial charge in [-0.3, -0.25) is 14.2 Å². The second-order valence-corrected chi connectivity index (χ2v) is 11.2. The third kappa shape index (κ3) is 5.53. The summed E-state index contributed by atoms with van der Waals surface area (Å²) < 4.78 is 67.8. The van der Waals surface area contributed by atoms with E-state index in [9.17, 15) is 31.5 Å². The number of aromatic nitrogens is 3. The highest BCUT2D eigenvalue weighted by Gasteiger charge is 2.38. The molecule has 0 spiro atoms. The molecule has 2 aromatic carbocycles. The maximum absolute atomic E-state index is 13.4. The molecule has 1 fully saturated rings. The number of hydrogen-bond acceptors (Lipinski definition) is 6.